The van der Waals surface area contributed by atoms with Gasteiger partial charge in [-0.15, -0.1) is 0 Å². The molecular formula is C15H23NO3. The van der Waals surface area contributed by atoms with Gasteiger partial charge in [-0.25, -0.2) is 0 Å². The van der Waals surface area contributed by atoms with E-state index in [1.54, 1.807) is 6.92 Å². The molecule has 19 heavy (non-hydrogen) atoms. The molecule has 0 spiro atoms. The van der Waals surface area contributed by atoms with Crippen molar-refractivity contribution in [3.05, 3.63) is 0 Å². The smallest absolute Gasteiger partial charge is 0.309 e. The van der Waals surface area contributed by atoms with Crippen LogP contribution in [-0.2, 0) is 9.59 Å². The highest BCUT2D eigenvalue weighted by molar-refractivity contribution is 5.76. The zero-order valence-electron chi connectivity index (χ0n) is 11.7. The van der Waals surface area contributed by atoms with Gasteiger partial charge in [-0.1, -0.05) is 0 Å². The Morgan fingerprint density at radius 2 is 1.79 bits per heavy atom. The summed E-state index contributed by atoms with van der Waals surface area (Å²) in [6.07, 6.45) is 5.86. The summed E-state index contributed by atoms with van der Waals surface area (Å²) in [5.74, 6) is 0.482. The number of carboxylic acid groups (broad SMARTS) is 1. The van der Waals surface area contributed by atoms with E-state index in [-0.39, 0.29) is 17.4 Å². The monoisotopic (exact) mass is 265 g/mol. The predicted octanol–water partition coefficient (Wildman–Crippen LogP) is 2.18. The maximum Gasteiger partial charge on any atom is 0.309 e. The first-order valence-electron chi connectivity index (χ1n) is 7.36. The molecule has 4 heteroatoms. The van der Waals surface area contributed by atoms with Gasteiger partial charge in [0.1, 0.15) is 0 Å². The number of hydrogen-bond acceptors (Lipinski definition) is 2. The normalized spacial score (nSPS) is 44.9. The van der Waals surface area contributed by atoms with Crippen molar-refractivity contribution in [2.75, 3.05) is 0 Å². The first-order valence-corrected chi connectivity index (χ1v) is 7.36. The van der Waals surface area contributed by atoms with Gasteiger partial charge in [0.2, 0.25) is 5.91 Å². The van der Waals surface area contributed by atoms with Gasteiger partial charge in [-0.2, -0.15) is 0 Å². The summed E-state index contributed by atoms with van der Waals surface area (Å²) in [6, 6.07) is 0.0922. The number of hydrogen-bond donors (Lipinski definition) is 2. The summed E-state index contributed by atoms with van der Waals surface area (Å²) >= 11 is 0. The number of amides is 1. The van der Waals surface area contributed by atoms with E-state index < -0.39 is 11.4 Å². The van der Waals surface area contributed by atoms with E-state index in [2.05, 4.69) is 12.2 Å². The molecule has 0 heterocycles. The fourth-order valence-corrected chi connectivity index (χ4v) is 5.55. The average molecular weight is 265 g/mol. The van der Waals surface area contributed by atoms with Crippen LogP contribution >= 0.6 is 0 Å². The Morgan fingerprint density at radius 1 is 1.21 bits per heavy atom. The fraction of sp³-hybridized carbons (Fsp3) is 0.867. The maximum atomic E-state index is 11.8. The molecule has 0 saturated heterocycles. The van der Waals surface area contributed by atoms with Crippen LogP contribution in [0.25, 0.3) is 0 Å². The Hall–Kier alpha value is -1.06. The van der Waals surface area contributed by atoms with Crippen LogP contribution in [0.1, 0.15) is 52.4 Å². The highest BCUT2D eigenvalue weighted by Crippen LogP contribution is 2.66. The second kappa shape index (κ2) is 3.97. The van der Waals surface area contributed by atoms with E-state index in [4.69, 9.17) is 0 Å². The van der Waals surface area contributed by atoms with Crippen molar-refractivity contribution in [1.82, 2.24) is 5.32 Å². The van der Waals surface area contributed by atoms with E-state index in [0.717, 1.165) is 32.1 Å². The molecule has 4 nitrogen and oxygen atoms in total. The van der Waals surface area contributed by atoms with Crippen LogP contribution in [0.5, 0.6) is 0 Å². The van der Waals surface area contributed by atoms with Crippen molar-refractivity contribution in [1.29, 1.82) is 0 Å². The third kappa shape index (κ3) is 1.87. The van der Waals surface area contributed by atoms with Crippen molar-refractivity contribution in [2.24, 2.45) is 22.7 Å². The van der Waals surface area contributed by atoms with Gasteiger partial charge in [0.05, 0.1) is 5.41 Å². The lowest BCUT2D eigenvalue weighted by Gasteiger charge is -2.62. The molecule has 5 atom stereocenters. The van der Waals surface area contributed by atoms with Crippen LogP contribution in [0.2, 0.25) is 0 Å². The molecule has 4 aliphatic rings. The summed E-state index contributed by atoms with van der Waals surface area (Å²) in [5.41, 5.74) is -0.481. The molecule has 0 aliphatic heterocycles. The highest BCUT2D eigenvalue weighted by atomic mass is 16.4. The molecule has 4 rings (SSSR count). The molecule has 4 fully saturated rings. The lowest BCUT2D eigenvalue weighted by molar-refractivity contribution is -0.177. The number of carbonyl (C=O) groups excluding carboxylic acids is 1. The first-order chi connectivity index (χ1) is 8.85. The van der Waals surface area contributed by atoms with E-state index >= 15 is 0 Å². The summed E-state index contributed by atoms with van der Waals surface area (Å²) in [6.45, 7) is 3.61. The molecule has 2 N–H and O–H groups in total. The Labute approximate surface area is 113 Å². The van der Waals surface area contributed by atoms with Gasteiger partial charge in [0, 0.05) is 13.0 Å². The molecule has 1 amide bonds. The number of aliphatic carboxylic acids is 1. The Morgan fingerprint density at radius 3 is 2.26 bits per heavy atom. The number of rotatable bonds is 3. The van der Waals surface area contributed by atoms with E-state index in [0.29, 0.717) is 11.8 Å². The summed E-state index contributed by atoms with van der Waals surface area (Å²) in [7, 11) is 0. The zero-order valence-corrected chi connectivity index (χ0v) is 11.7. The standard InChI is InChI=1S/C15H23NO3/c1-9(16-10(2)17)14-4-11-3-12(5-14)7-15(6-11,8-14)13(18)19/h9,11-12H,3-8H2,1-2H3,(H,16,17)(H,18,19)/t9-,11-,12+,14?,15?/m1/s1. The largest absolute Gasteiger partial charge is 0.481 e. The second-order valence-corrected chi connectivity index (χ2v) is 7.33. The quantitative estimate of drug-likeness (QED) is 0.822. The molecule has 106 valence electrons. The molecule has 4 aliphatic carbocycles. The minimum absolute atomic E-state index is 0.00683. The first kappa shape index (κ1) is 12.9. The van der Waals surface area contributed by atoms with Gasteiger partial charge in [-0.3, -0.25) is 9.59 Å². The number of carboxylic acids is 1. The van der Waals surface area contributed by atoms with Crippen LogP contribution in [-0.4, -0.2) is 23.0 Å². The van der Waals surface area contributed by atoms with Crippen LogP contribution in [0.3, 0.4) is 0 Å². The van der Waals surface area contributed by atoms with Crippen LogP contribution in [0, 0.1) is 22.7 Å². The van der Waals surface area contributed by atoms with Gasteiger partial charge in [-0.05, 0) is 62.7 Å². The van der Waals surface area contributed by atoms with Gasteiger partial charge < -0.3 is 10.4 Å². The van der Waals surface area contributed by atoms with Crippen molar-refractivity contribution in [3.63, 3.8) is 0 Å². The SMILES string of the molecule is CC(=O)N[C@H](C)C12C[C@@H]3C[C@@H](CC(C(=O)O)(C3)C1)C2. The third-order valence-corrected chi connectivity index (χ3v) is 5.90. The van der Waals surface area contributed by atoms with Crippen molar-refractivity contribution in [2.45, 2.75) is 58.4 Å². The van der Waals surface area contributed by atoms with Crippen molar-refractivity contribution in [3.8, 4) is 0 Å². The minimum Gasteiger partial charge on any atom is -0.481 e. The minimum atomic E-state index is -0.610. The van der Waals surface area contributed by atoms with E-state index in [9.17, 15) is 14.7 Å². The predicted molar refractivity (Wildman–Crippen MR) is 70.5 cm³/mol. The van der Waals surface area contributed by atoms with Gasteiger partial charge in [0.25, 0.3) is 0 Å². The topological polar surface area (TPSA) is 66.4 Å². The summed E-state index contributed by atoms with van der Waals surface area (Å²) in [5, 5.41) is 12.7. The second-order valence-electron chi connectivity index (χ2n) is 7.33. The Bertz CT molecular complexity index is 417. The average Bonchev–Trinajstić information content (AvgIpc) is 2.25. The molecule has 0 aromatic rings. The summed E-state index contributed by atoms with van der Waals surface area (Å²) in [4.78, 5) is 23.1. The molecule has 4 bridgehead atoms. The molecular weight excluding hydrogens is 242 g/mol. The summed E-state index contributed by atoms with van der Waals surface area (Å²) < 4.78 is 0. The molecule has 0 aromatic carbocycles. The van der Waals surface area contributed by atoms with E-state index in [1.807, 2.05) is 0 Å². The molecule has 4 saturated carbocycles. The lowest BCUT2D eigenvalue weighted by Crippen LogP contribution is -2.60. The van der Waals surface area contributed by atoms with Crippen LogP contribution in [0.15, 0.2) is 0 Å². The van der Waals surface area contributed by atoms with Gasteiger partial charge >= 0.3 is 5.97 Å². The number of carbonyl (C=O) groups is 2. The molecule has 0 radical (unpaired) electrons. The molecule has 2 unspecified atom stereocenters. The van der Waals surface area contributed by atoms with Gasteiger partial charge in [0.15, 0.2) is 0 Å². The van der Waals surface area contributed by atoms with Crippen molar-refractivity contribution >= 4 is 11.9 Å². The lowest BCUT2D eigenvalue weighted by atomic mass is 9.43. The zero-order chi connectivity index (χ0) is 13.8. The maximum absolute atomic E-state index is 11.8. The van der Waals surface area contributed by atoms with E-state index in [1.165, 1.54) is 6.42 Å². The van der Waals surface area contributed by atoms with Crippen molar-refractivity contribution < 1.29 is 14.7 Å². The Balaban J connectivity index is 1.91. The highest BCUT2D eigenvalue weighted by Gasteiger charge is 2.62. The van der Waals surface area contributed by atoms with Crippen LogP contribution in [0.4, 0.5) is 0 Å². The third-order valence-electron chi connectivity index (χ3n) is 5.90. The fourth-order valence-electron chi connectivity index (χ4n) is 5.55. The number of nitrogens with one attached hydrogen (secondary N) is 1. The molecule has 0 aromatic heterocycles. The Kier molecular flexibility index (Phi) is 2.70. The van der Waals surface area contributed by atoms with Crippen LogP contribution < -0.4 is 5.32 Å².